The van der Waals surface area contributed by atoms with Crippen LogP contribution in [0.15, 0.2) is 0 Å². The topological polar surface area (TPSA) is 59.6 Å². The summed E-state index contributed by atoms with van der Waals surface area (Å²) < 4.78 is 11.0. The molecule has 1 atom stereocenters. The zero-order valence-electron chi connectivity index (χ0n) is 12.3. The monoisotopic (exact) mass is 302 g/mol. The quantitative estimate of drug-likeness (QED) is 0.710. The first-order valence-electron chi connectivity index (χ1n) is 7.45. The Kier molecular flexibility index (Phi) is 6.61. The van der Waals surface area contributed by atoms with E-state index in [1.807, 2.05) is 11.8 Å². The Labute approximate surface area is 125 Å². The Bertz CT molecular complexity index is 303. The first kappa shape index (κ1) is 16.1. The van der Waals surface area contributed by atoms with E-state index in [1.165, 1.54) is 11.5 Å². The van der Waals surface area contributed by atoms with E-state index in [1.54, 1.807) is 7.11 Å². The molecular formula is C14H26N2O3S. The van der Waals surface area contributed by atoms with Crippen LogP contribution in [0.5, 0.6) is 0 Å². The van der Waals surface area contributed by atoms with E-state index in [-0.39, 0.29) is 11.5 Å². The lowest BCUT2D eigenvalue weighted by Gasteiger charge is -2.43. The van der Waals surface area contributed by atoms with E-state index in [0.717, 1.165) is 32.3 Å². The maximum atomic E-state index is 11.7. The van der Waals surface area contributed by atoms with Crippen molar-refractivity contribution in [2.24, 2.45) is 0 Å². The number of thioether (sulfide) groups is 1. The molecule has 0 saturated carbocycles. The molecule has 2 heterocycles. The molecule has 0 aliphatic carbocycles. The van der Waals surface area contributed by atoms with Crippen molar-refractivity contribution in [2.45, 2.75) is 37.3 Å². The minimum Gasteiger partial charge on any atom is -0.383 e. The van der Waals surface area contributed by atoms with Gasteiger partial charge < -0.3 is 20.1 Å². The molecule has 1 amide bonds. The van der Waals surface area contributed by atoms with Gasteiger partial charge in [-0.05, 0) is 37.2 Å². The average Bonchev–Trinajstić information content (AvgIpc) is 2.46. The number of nitrogens with one attached hydrogen (secondary N) is 2. The van der Waals surface area contributed by atoms with Gasteiger partial charge in [-0.3, -0.25) is 4.79 Å². The highest BCUT2D eigenvalue weighted by atomic mass is 32.2. The third-order valence-electron chi connectivity index (χ3n) is 4.08. The molecule has 116 valence electrons. The summed E-state index contributed by atoms with van der Waals surface area (Å²) in [7, 11) is 1.63. The first-order chi connectivity index (χ1) is 9.74. The van der Waals surface area contributed by atoms with E-state index in [4.69, 9.17) is 9.47 Å². The van der Waals surface area contributed by atoms with Crippen LogP contribution < -0.4 is 10.6 Å². The van der Waals surface area contributed by atoms with Gasteiger partial charge in [0.2, 0.25) is 5.91 Å². The third-order valence-corrected chi connectivity index (χ3v) is 5.06. The van der Waals surface area contributed by atoms with E-state index in [9.17, 15) is 4.79 Å². The van der Waals surface area contributed by atoms with E-state index in [2.05, 4.69) is 10.6 Å². The van der Waals surface area contributed by atoms with Crippen LogP contribution in [0.25, 0.3) is 0 Å². The minimum absolute atomic E-state index is 0.0433. The molecular weight excluding hydrogens is 276 g/mol. The van der Waals surface area contributed by atoms with Crippen LogP contribution in [-0.4, -0.2) is 62.5 Å². The summed E-state index contributed by atoms with van der Waals surface area (Å²) in [5.41, 5.74) is 0.0771. The van der Waals surface area contributed by atoms with Gasteiger partial charge in [0.1, 0.15) is 0 Å². The molecule has 5 nitrogen and oxygen atoms in total. The summed E-state index contributed by atoms with van der Waals surface area (Å²) in [6, 6.07) is 0.403. The average molecular weight is 302 g/mol. The highest BCUT2D eigenvalue weighted by Gasteiger charge is 2.38. The van der Waals surface area contributed by atoms with E-state index < -0.39 is 0 Å². The maximum Gasteiger partial charge on any atom is 0.234 e. The molecule has 1 spiro atoms. The van der Waals surface area contributed by atoms with Gasteiger partial charge in [-0.25, -0.2) is 0 Å². The van der Waals surface area contributed by atoms with Gasteiger partial charge >= 0.3 is 0 Å². The smallest absolute Gasteiger partial charge is 0.234 e. The second kappa shape index (κ2) is 8.22. The van der Waals surface area contributed by atoms with Crippen LogP contribution in [0.2, 0.25) is 0 Å². The van der Waals surface area contributed by atoms with Gasteiger partial charge in [0, 0.05) is 26.3 Å². The molecule has 1 unspecified atom stereocenters. The van der Waals surface area contributed by atoms with Crippen molar-refractivity contribution in [2.75, 3.05) is 44.9 Å². The number of methoxy groups -OCH3 is 1. The standard InChI is InChI=1S/C14H26N2O3S/c1-18-7-5-15-13(17)11-16-12-2-6-19-14(10-12)3-8-20-9-4-14/h12,16H,2-11H2,1H3,(H,15,17). The number of hydrogen-bond acceptors (Lipinski definition) is 5. The summed E-state index contributed by atoms with van der Waals surface area (Å²) >= 11 is 2.02. The Hall–Kier alpha value is -0.300. The molecule has 20 heavy (non-hydrogen) atoms. The number of carbonyl (C=O) groups excluding carboxylic acids is 1. The number of ether oxygens (including phenoxy) is 2. The number of amides is 1. The lowest BCUT2D eigenvalue weighted by molar-refractivity contribution is -0.121. The third kappa shape index (κ3) is 4.91. The van der Waals surface area contributed by atoms with E-state index >= 15 is 0 Å². The molecule has 2 N–H and O–H groups in total. The van der Waals surface area contributed by atoms with Crippen LogP contribution >= 0.6 is 11.8 Å². The van der Waals surface area contributed by atoms with Crippen LogP contribution in [0.3, 0.4) is 0 Å². The Morgan fingerprint density at radius 2 is 2.25 bits per heavy atom. The fraction of sp³-hybridized carbons (Fsp3) is 0.929. The van der Waals surface area contributed by atoms with Crippen molar-refractivity contribution in [1.29, 1.82) is 0 Å². The largest absolute Gasteiger partial charge is 0.383 e. The van der Waals surface area contributed by atoms with Crippen LogP contribution in [0, 0.1) is 0 Å². The van der Waals surface area contributed by atoms with Crippen LogP contribution in [0.1, 0.15) is 25.7 Å². The molecule has 0 aromatic carbocycles. The van der Waals surface area contributed by atoms with Crippen molar-refractivity contribution in [3.63, 3.8) is 0 Å². The van der Waals surface area contributed by atoms with Crippen molar-refractivity contribution in [3.8, 4) is 0 Å². The second-order valence-corrected chi connectivity index (χ2v) is 6.78. The number of rotatable bonds is 6. The Balaban J connectivity index is 1.69. The zero-order chi connectivity index (χ0) is 14.3. The summed E-state index contributed by atoms with van der Waals surface area (Å²) in [6.45, 7) is 2.34. The predicted molar refractivity (Wildman–Crippen MR) is 81.2 cm³/mol. The molecule has 0 aromatic heterocycles. The maximum absolute atomic E-state index is 11.7. The zero-order valence-corrected chi connectivity index (χ0v) is 13.1. The van der Waals surface area contributed by atoms with Crippen LogP contribution in [-0.2, 0) is 14.3 Å². The lowest BCUT2D eigenvalue weighted by atomic mass is 9.85. The summed E-state index contributed by atoms with van der Waals surface area (Å²) in [4.78, 5) is 11.7. The van der Waals surface area contributed by atoms with Crippen molar-refractivity contribution >= 4 is 17.7 Å². The minimum atomic E-state index is 0.0433. The van der Waals surface area contributed by atoms with Crippen molar-refractivity contribution in [3.05, 3.63) is 0 Å². The molecule has 2 aliphatic rings. The molecule has 0 bridgehead atoms. The summed E-state index contributed by atoms with van der Waals surface area (Å²) in [5.74, 6) is 2.44. The van der Waals surface area contributed by atoms with Gasteiger partial charge in [0.05, 0.1) is 18.8 Å². The van der Waals surface area contributed by atoms with E-state index in [0.29, 0.717) is 25.7 Å². The molecule has 2 aliphatic heterocycles. The Morgan fingerprint density at radius 1 is 1.45 bits per heavy atom. The fourth-order valence-corrected chi connectivity index (χ4v) is 4.12. The Morgan fingerprint density at radius 3 is 3.00 bits per heavy atom. The van der Waals surface area contributed by atoms with Gasteiger partial charge in [0.25, 0.3) is 0 Å². The highest BCUT2D eigenvalue weighted by molar-refractivity contribution is 7.99. The highest BCUT2D eigenvalue weighted by Crippen LogP contribution is 2.37. The molecule has 6 heteroatoms. The molecule has 0 aromatic rings. The molecule has 2 fully saturated rings. The predicted octanol–water partition coefficient (Wildman–Crippen LogP) is 0.783. The fourth-order valence-electron chi connectivity index (χ4n) is 2.89. The van der Waals surface area contributed by atoms with Gasteiger partial charge in [-0.1, -0.05) is 0 Å². The molecule has 2 saturated heterocycles. The second-order valence-electron chi connectivity index (χ2n) is 5.56. The van der Waals surface area contributed by atoms with Gasteiger partial charge in [-0.2, -0.15) is 11.8 Å². The molecule has 0 radical (unpaired) electrons. The lowest BCUT2D eigenvalue weighted by Crippen LogP contribution is -2.50. The normalized spacial score (nSPS) is 25.6. The SMILES string of the molecule is COCCNC(=O)CNC1CCOC2(CCSCC2)C1. The first-order valence-corrected chi connectivity index (χ1v) is 8.60. The van der Waals surface area contributed by atoms with Crippen molar-refractivity contribution in [1.82, 2.24) is 10.6 Å². The summed E-state index contributed by atoms with van der Waals surface area (Å²) in [6.07, 6.45) is 4.34. The van der Waals surface area contributed by atoms with Gasteiger partial charge in [0.15, 0.2) is 0 Å². The van der Waals surface area contributed by atoms with Gasteiger partial charge in [-0.15, -0.1) is 0 Å². The summed E-state index contributed by atoms with van der Waals surface area (Å²) in [5, 5.41) is 6.21. The number of hydrogen-bond donors (Lipinski definition) is 2. The molecule has 2 rings (SSSR count). The number of carbonyl (C=O) groups is 1. The van der Waals surface area contributed by atoms with Crippen LogP contribution in [0.4, 0.5) is 0 Å². The van der Waals surface area contributed by atoms with Crippen molar-refractivity contribution < 1.29 is 14.3 Å².